The zero-order valence-electron chi connectivity index (χ0n) is 24.2. The van der Waals surface area contributed by atoms with Crippen molar-refractivity contribution in [3.05, 3.63) is 36.3 Å². The van der Waals surface area contributed by atoms with Crippen LogP contribution in [0.25, 0.3) is 11.3 Å². The van der Waals surface area contributed by atoms with Gasteiger partial charge in [-0.3, -0.25) is 14.6 Å². The number of piperazine rings is 1. The Morgan fingerprint density at radius 1 is 1.21 bits per heavy atom. The topological polar surface area (TPSA) is 99.7 Å². The summed E-state index contributed by atoms with van der Waals surface area (Å²) >= 11 is 0. The molecule has 1 aliphatic carbocycles. The highest BCUT2D eigenvalue weighted by Gasteiger charge is 2.62. The van der Waals surface area contributed by atoms with E-state index in [0.717, 1.165) is 13.0 Å². The lowest BCUT2D eigenvalue weighted by Crippen LogP contribution is -2.60. The normalized spacial score (nSPS) is 22.3. The van der Waals surface area contributed by atoms with Crippen LogP contribution in [0.15, 0.2) is 30.6 Å². The van der Waals surface area contributed by atoms with E-state index in [1.54, 1.807) is 24.5 Å². The molecule has 3 fully saturated rings. The summed E-state index contributed by atoms with van der Waals surface area (Å²) in [5.74, 6) is -0.672. The highest BCUT2D eigenvalue weighted by Crippen LogP contribution is 2.52. The predicted molar refractivity (Wildman–Crippen MR) is 152 cm³/mol. The average molecular weight is 589 g/mol. The molecular weight excluding hydrogens is 549 g/mol. The number of aromatic nitrogens is 2. The van der Waals surface area contributed by atoms with E-state index < -0.39 is 17.5 Å². The van der Waals surface area contributed by atoms with Crippen molar-refractivity contribution in [3.8, 4) is 17.0 Å². The SMILES string of the molecule is CCOc1cc(N2CCN(C(=O)C3(C(F)(F)F)CCCC3)C[C@H]2CC)c(C(=O)N[C@@H]2CCNC2)nc1-c1cccnc1. The van der Waals surface area contributed by atoms with E-state index in [0.29, 0.717) is 55.1 Å². The maximum Gasteiger partial charge on any atom is 0.403 e. The third kappa shape index (κ3) is 5.77. The van der Waals surface area contributed by atoms with Gasteiger partial charge in [0.2, 0.25) is 5.91 Å². The van der Waals surface area contributed by atoms with Gasteiger partial charge in [0, 0.05) is 62.3 Å². The van der Waals surface area contributed by atoms with Crippen molar-refractivity contribution in [3.63, 3.8) is 0 Å². The summed E-state index contributed by atoms with van der Waals surface area (Å²) in [7, 11) is 0. The quantitative estimate of drug-likeness (QED) is 0.477. The second kappa shape index (κ2) is 12.4. The molecule has 2 atom stereocenters. The van der Waals surface area contributed by atoms with Crippen LogP contribution in [0.2, 0.25) is 0 Å². The van der Waals surface area contributed by atoms with Gasteiger partial charge in [-0.05, 0) is 51.3 Å². The Bertz CT molecular complexity index is 1260. The highest BCUT2D eigenvalue weighted by molar-refractivity contribution is 5.99. The van der Waals surface area contributed by atoms with Crippen molar-refractivity contribution in [2.45, 2.75) is 70.6 Å². The number of anilines is 1. The van der Waals surface area contributed by atoms with E-state index in [2.05, 4.69) is 15.6 Å². The number of hydrogen-bond acceptors (Lipinski definition) is 7. The summed E-state index contributed by atoms with van der Waals surface area (Å²) in [4.78, 5) is 39.6. The first-order valence-electron chi connectivity index (χ1n) is 14.9. The second-order valence-corrected chi connectivity index (χ2v) is 11.3. The molecular formula is C30H39F3N6O3. The molecule has 2 N–H and O–H groups in total. The van der Waals surface area contributed by atoms with Crippen molar-refractivity contribution in [1.29, 1.82) is 0 Å². The minimum Gasteiger partial charge on any atom is -0.492 e. The van der Waals surface area contributed by atoms with Crippen LogP contribution in [0.4, 0.5) is 18.9 Å². The lowest BCUT2D eigenvalue weighted by atomic mass is 9.83. The van der Waals surface area contributed by atoms with Crippen molar-refractivity contribution >= 4 is 17.5 Å². The third-order valence-electron chi connectivity index (χ3n) is 8.77. The molecule has 42 heavy (non-hydrogen) atoms. The van der Waals surface area contributed by atoms with Gasteiger partial charge in [0.05, 0.1) is 12.3 Å². The summed E-state index contributed by atoms with van der Waals surface area (Å²) in [6.45, 7) is 6.15. The van der Waals surface area contributed by atoms with Gasteiger partial charge in [0.1, 0.15) is 16.9 Å². The Labute approximate surface area is 244 Å². The summed E-state index contributed by atoms with van der Waals surface area (Å²) in [6.07, 6.45) is 0.551. The van der Waals surface area contributed by atoms with E-state index in [4.69, 9.17) is 9.72 Å². The molecule has 0 bridgehead atoms. The van der Waals surface area contributed by atoms with Gasteiger partial charge in [-0.25, -0.2) is 4.98 Å². The van der Waals surface area contributed by atoms with Gasteiger partial charge < -0.3 is 25.2 Å². The Hall–Kier alpha value is -3.41. The molecule has 12 heteroatoms. The first-order chi connectivity index (χ1) is 20.2. The van der Waals surface area contributed by atoms with Gasteiger partial charge in [-0.2, -0.15) is 13.2 Å². The van der Waals surface area contributed by atoms with E-state index in [1.807, 2.05) is 24.8 Å². The summed E-state index contributed by atoms with van der Waals surface area (Å²) in [6, 6.07) is 5.08. The van der Waals surface area contributed by atoms with Crippen LogP contribution < -0.4 is 20.3 Å². The van der Waals surface area contributed by atoms with Crippen LogP contribution in [-0.4, -0.2) is 84.3 Å². The van der Waals surface area contributed by atoms with Gasteiger partial charge in [-0.1, -0.05) is 19.8 Å². The van der Waals surface area contributed by atoms with Crippen LogP contribution >= 0.6 is 0 Å². The monoisotopic (exact) mass is 588 g/mol. The number of carbonyl (C=O) groups is 2. The van der Waals surface area contributed by atoms with Gasteiger partial charge in [0.15, 0.2) is 5.69 Å². The summed E-state index contributed by atoms with van der Waals surface area (Å²) < 4.78 is 48.6. The second-order valence-electron chi connectivity index (χ2n) is 11.3. The van der Waals surface area contributed by atoms with Crippen molar-refractivity contribution in [2.75, 3.05) is 44.2 Å². The maximum atomic E-state index is 14.2. The Morgan fingerprint density at radius 3 is 2.62 bits per heavy atom. The highest BCUT2D eigenvalue weighted by atomic mass is 19.4. The summed E-state index contributed by atoms with van der Waals surface area (Å²) in [5, 5.41) is 6.33. The van der Waals surface area contributed by atoms with Gasteiger partial charge in [-0.15, -0.1) is 0 Å². The minimum atomic E-state index is -4.59. The Morgan fingerprint density at radius 2 is 2.00 bits per heavy atom. The molecule has 2 aromatic rings. The number of rotatable bonds is 8. The molecule has 2 aliphatic heterocycles. The number of halogens is 3. The molecule has 2 amide bonds. The van der Waals surface area contributed by atoms with Crippen LogP contribution in [0.5, 0.6) is 5.75 Å². The largest absolute Gasteiger partial charge is 0.492 e. The number of alkyl halides is 3. The molecule has 0 radical (unpaired) electrons. The molecule has 2 saturated heterocycles. The van der Waals surface area contributed by atoms with Crippen LogP contribution in [-0.2, 0) is 4.79 Å². The molecule has 0 unspecified atom stereocenters. The first kappa shape index (κ1) is 30.1. The van der Waals surface area contributed by atoms with E-state index in [-0.39, 0.29) is 56.2 Å². The molecule has 3 aliphatic rings. The first-order valence-corrected chi connectivity index (χ1v) is 14.9. The predicted octanol–water partition coefficient (Wildman–Crippen LogP) is 4.18. The molecule has 1 saturated carbocycles. The Balaban J connectivity index is 1.50. The number of carbonyl (C=O) groups excluding carboxylic acids is 2. The number of ether oxygens (including phenoxy) is 1. The average Bonchev–Trinajstić information content (AvgIpc) is 3.70. The van der Waals surface area contributed by atoms with Crippen molar-refractivity contribution in [2.24, 2.45) is 5.41 Å². The lowest BCUT2D eigenvalue weighted by molar-refractivity contribution is -0.226. The number of nitrogens with zero attached hydrogens (tertiary/aromatic N) is 4. The fourth-order valence-electron chi connectivity index (χ4n) is 6.48. The van der Waals surface area contributed by atoms with Crippen LogP contribution in [0.3, 0.4) is 0 Å². The fourth-order valence-corrected chi connectivity index (χ4v) is 6.48. The fraction of sp³-hybridized carbons (Fsp3) is 0.600. The van der Waals surface area contributed by atoms with Crippen LogP contribution in [0.1, 0.15) is 62.9 Å². The molecule has 228 valence electrons. The zero-order valence-corrected chi connectivity index (χ0v) is 24.2. The van der Waals surface area contributed by atoms with Gasteiger partial charge in [0.25, 0.3) is 5.91 Å². The van der Waals surface area contributed by atoms with Crippen molar-refractivity contribution in [1.82, 2.24) is 25.5 Å². The number of pyridine rings is 2. The molecule has 9 nitrogen and oxygen atoms in total. The van der Waals surface area contributed by atoms with E-state index in [9.17, 15) is 22.8 Å². The van der Waals surface area contributed by atoms with Crippen molar-refractivity contribution < 1.29 is 27.5 Å². The molecule has 0 spiro atoms. The number of nitrogens with one attached hydrogen (secondary N) is 2. The van der Waals surface area contributed by atoms with Crippen LogP contribution in [0, 0.1) is 5.41 Å². The Kier molecular flexibility index (Phi) is 8.91. The maximum absolute atomic E-state index is 14.2. The smallest absolute Gasteiger partial charge is 0.403 e. The minimum absolute atomic E-state index is 0.0398. The number of amides is 2. The molecule has 0 aromatic carbocycles. The standard InChI is InChI=1S/C30H39F3N6O3/c1-3-22-19-38(28(41)29(30(31,32)33)10-5-6-11-29)14-15-39(22)23-16-24(42-4-2)25(20-8-7-12-34-17-20)37-26(23)27(40)36-21-9-13-35-18-21/h7-8,12,16-17,21-22,35H,3-6,9-11,13-15,18-19H2,1-2H3,(H,36,40)/t21-,22-/m1/s1. The molecule has 5 rings (SSSR count). The summed E-state index contributed by atoms with van der Waals surface area (Å²) in [5.41, 5.74) is -0.368. The lowest BCUT2D eigenvalue weighted by Gasteiger charge is -2.45. The third-order valence-corrected chi connectivity index (χ3v) is 8.77. The molecule has 4 heterocycles. The molecule has 2 aromatic heterocycles. The zero-order chi connectivity index (χ0) is 29.9. The van der Waals surface area contributed by atoms with E-state index in [1.165, 1.54) is 4.90 Å². The van der Waals surface area contributed by atoms with E-state index >= 15 is 0 Å². The number of hydrogen-bond donors (Lipinski definition) is 2. The van der Waals surface area contributed by atoms with Gasteiger partial charge >= 0.3 is 6.18 Å².